The number of sulfonamides is 1. The fourth-order valence-corrected chi connectivity index (χ4v) is 4.13. The first-order valence-electron chi connectivity index (χ1n) is 8.64. The summed E-state index contributed by atoms with van der Waals surface area (Å²) in [5.74, 6) is -0.0611. The van der Waals surface area contributed by atoms with Gasteiger partial charge in [0, 0.05) is 32.2 Å². The average Bonchev–Trinajstić information content (AvgIpc) is 2.97. The molecular weight excluding hydrogens is 350 g/mol. The normalized spacial score (nSPS) is 15.3. The Balaban J connectivity index is 1.79. The van der Waals surface area contributed by atoms with Gasteiger partial charge in [0.15, 0.2) is 0 Å². The summed E-state index contributed by atoms with van der Waals surface area (Å²) in [7, 11) is -2.14. The Morgan fingerprint density at radius 1 is 1.00 bits per heavy atom. The average molecular weight is 373 g/mol. The van der Waals surface area contributed by atoms with Crippen LogP contribution in [0.15, 0.2) is 59.5 Å². The van der Waals surface area contributed by atoms with Crippen LogP contribution in [0.2, 0.25) is 0 Å². The van der Waals surface area contributed by atoms with Crippen molar-refractivity contribution in [2.75, 3.05) is 37.5 Å². The molecular formula is C19H23N3O3S. The van der Waals surface area contributed by atoms with E-state index in [2.05, 4.69) is 5.32 Å². The molecule has 1 fully saturated rings. The van der Waals surface area contributed by atoms with Crippen molar-refractivity contribution in [3.8, 4) is 0 Å². The lowest BCUT2D eigenvalue weighted by atomic mass is 10.2. The summed E-state index contributed by atoms with van der Waals surface area (Å²) in [5, 5.41) is 3.26. The second-order valence-electron chi connectivity index (χ2n) is 6.23. The van der Waals surface area contributed by atoms with Gasteiger partial charge in [-0.1, -0.05) is 18.2 Å². The fourth-order valence-electron chi connectivity index (χ4n) is 2.94. The molecule has 1 aliphatic heterocycles. The molecule has 1 saturated heterocycles. The molecule has 0 aliphatic carbocycles. The highest BCUT2D eigenvalue weighted by Crippen LogP contribution is 2.22. The summed E-state index contributed by atoms with van der Waals surface area (Å²) < 4.78 is 26.8. The summed E-state index contributed by atoms with van der Waals surface area (Å²) in [6, 6.07) is 15.1. The first-order chi connectivity index (χ1) is 12.5. The minimum atomic E-state index is -3.67. The number of carbonyl (C=O) groups excluding carboxylic acids is 1. The van der Waals surface area contributed by atoms with Crippen molar-refractivity contribution in [3.63, 3.8) is 0 Å². The molecule has 26 heavy (non-hydrogen) atoms. The molecule has 1 amide bonds. The molecule has 0 bridgehead atoms. The van der Waals surface area contributed by atoms with E-state index >= 15 is 0 Å². The first kappa shape index (κ1) is 18.4. The number of nitrogens with zero attached hydrogens (tertiary/aromatic N) is 2. The second kappa shape index (κ2) is 7.88. The molecule has 7 heteroatoms. The van der Waals surface area contributed by atoms with E-state index in [9.17, 15) is 13.2 Å². The molecule has 0 spiro atoms. The molecule has 0 aromatic heterocycles. The third-order valence-corrected chi connectivity index (χ3v) is 6.31. The van der Waals surface area contributed by atoms with E-state index in [0.717, 1.165) is 19.5 Å². The number of anilines is 1. The molecule has 1 aliphatic rings. The number of rotatable bonds is 4. The number of benzene rings is 2. The number of carbonyl (C=O) groups is 1. The van der Waals surface area contributed by atoms with Gasteiger partial charge in [-0.25, -0.2) is 8.42 Å². The third-order valence-electron chi connectivity index (χ3n) is 4.51. The maximum Gasteiger partial charge on any atom is 0.264 e. The monoisotopic (exact) mass is 373 g/mol. The van der Waals surface area contributed by atoms with E-state index in [1.165, 1.54) is 23.5 Å². The number of hydrogen-bond donors (Lipinski definition) is 1. The van der Waals surface area contributed by atoms with Crippen LogP contribution in [0.1, 0.15) is 16.8 Å². The predicted octanol–water partition coefficient (Wildman–Crippen LogP) is 1.95. The van der Waals surface area contributed by atoms with Crippen LogP contribution in [-0.4, -0.2) is 52.5 Å². The summed E-state index contributed by atoms with van der Waals surface area (Å²) in [5.41, 5.74) is 1.10. The lowest BCUT2D eigenvalue weighted by Gasteiger charge is -2.21. The smallest absolute Gasteiger partial charge is 0.264 e. The van der Waals surface area contributed by atoms with Crippen molar-refractivity contribution in [2.45, 2.75) is 11.3 Å². The van der Waals surface area contributed by atoms with E-state index < -0.39 is 10.0 Å². The molecule has 138 valence electrons. The molecule has 6 nitrogen and oxygen atoms in total. The lowest BCUT2D eigenvalue weighted by molar-refractivity contribution is 0.0766. The van der Waals surface area contributed by atoms with E-state index in [4.69, 9.17) is 0 Å². The first-order valence-corrected chi connectivity index (χ1v) is 10.1. The van der Waals surface area contributed by atoms with Crippen LogP contribution in [-0.2, 0) is 10.0 Å². The van der Waals surface area contributed by atoms with Gasteiger partial charge in [0.1, 0.15) is 0 Å². The molecule has 2 aromatic carbocycles. The van der Waals surface area contributed by atoms with E-state index in [-0.39, 0.29) is 10.8 Å². The van der Waals surface area contributed by atoms with Gasteiger partial charge in [0.2, 0.25) is 0 Å². The van der Waals surface area contributed by atoms with E-state index in [0.29, 0.717) is 24.3 Å². The summed E-state index contributed by atoms with van der Waals surface area (Å²) in [6.07, 6.45) is 0.917. The fraction of sp³-hybridized carbons (Fsp3) is 0.316. The zero-order chi connectivity index (χ0) is 18.6. The van der Waals surface area contributed by atoms with Crippen LogP contribution in [0, 0.1) is 0 Å². The van der Waals surface area contributed by atoms with Crippen molar-refractivity contribution in [1.82, 2.24) is 10.2 Å². The van der Waals surface area contributed by atoms with Crippen LogP contribution in [0.5, 0.6) is 0 Å². The van der Waals surface area contributed by atoms with Gasteiger partial charge in [-0.2, -0.15) is 0 Å². The minimum Gasteiger partial charge on any atom is -0.337 e. The maximum atomic E-state index is 12.8. The van der Waals surface area contributed by atoms with Gasteiger partial charge < -0.3 is 10.2 Å². The Bertz CT molecular complexity index is 843. The topological polar surface area (TPSA) is 69.7 Å². The Labute approximate surface area is 154 Å². The highest BCUT2D eigenvalue weighted by Gasteiger charge is 2.22. The number of para-hydroxylation sites is 1. The van der Waals surface area contributed by atoms with Crippen molar-refractivity contribution in [3.05, 3.63) is 60.2 Å². The standard InChI is InChI=1S/C19H23N3O3S/c1-21(17-6-3-2-4-7-17)26(24,25)18-10-8-16(9-11-18)19(23)22-14-5-12-20-13-15-22/h2-4,6-11,20H,5,12-15H2,1H3. The van der Waals surface area contributed by atoms with Gasteiger partial charge in [0.25, 0.3) is 15.9 Å². The van der Waals surface area contributed by atoms with Gasteiger partial charge in [-0.15, -0.1) is 0 Å². The van der Waals surface area contributed by atoms with Gasteiger partial charge >= 0.3 is 0 Å². The van der Waals surface area contributed by atoms with Crippen molar-refractivity contribution < 1.29 is 13.2 Å². The quantitative estimate of drug-likeness (QED) is 0.889. The Hall–Kier alpha value is -2.38. The van der Waals surface area contributed by atoms with Crippen molar-refractivity contribution in [2.24, 2.45) is 0 Å². The molecule has 1 heterocycles. The van der Waals surface area contributed by atoms with Crippen LogP contribution in [0.3, 0.4) is 0 Å². The van der Waals surface area contributed by atoms with Crippen LogP contribution >= 0.6 is 0 Å². The molecule has 2 aromatic rings. The zero-order valence-corrected chi connectivity index (χ0v) is 15.6. The van der Waals surface area contributed by atoms with Crippen LogP contribution in [0.4, 0.5) is 5.69 Å². The molecule has 1 N–H and O–H groups in total. The Morgan fingerprint density at radius 2 is 1.69 bits per heavy atom. The third kappa shape index (κ3) is 3.89. The highest BCUT2D eigenvalue weighted by atomic mass is 32.2. The van der Waals surface area contributed by atoms with Crippen molar-refractivity contribution >= 4 is 21.6 Å². The van der Waals surface area contributed by atoms with Crippen LogP contribution < -0.4 is 9.62 Å². The number of nitrogens with one attached hydrogen (secondary N) is 1. The van der Waals surface area contributed by atoms with Gasteiger partial charge in [0.05, 0.1) is 10.6 Å². The Morgan fingerprint density at radius 3 is 2.38 bits per heavy atom. The van der Waals surface area contributed by atoms with E-state index in [1.54, 1.807) is 41.3 Å². The largest absolute Gasteiger partial charge is 0.337 e. The summed E-state index contributed by atoms with van der Waals surface area (Å²) in [4.78, 5) is 14.6. The minimum absolute atomic E-state index is 0.0611. The van der Waals surface area contributed by atoms with Crippen molar-refractivity contribution in [1.29, 1.82) is 0 Å². The van der Waals surface area contributed by atoms with Crippen LogP contribution in [0.25, 0.3) is 0 Å². The maximum absolute atomic E-state index is 12.8. The lowest BCUT2D eigenvalue weighted by Crippen LogP contribution is -2.34. The predicted molar refractivity (Wildman–Crippen MR) is 102 cm³/mol. The van der Waals surface area contributed by atoms with Gasteiger partial charge in [-0.3, -0.25) is 9.10 Å². The zero-order valence-electron chi connectivity index (χ0n) is 14.8. The molecule has 3 rings (SSSR count). The molecule has 0 saturated carbocycles. The molecule has 0 radical (unpaired) electrons. The number of amides is 1. The molecule has 0 unspecified atom stereocenters. The molecule has 0 atom stereocenters. The summed E-state index contributed by atoms with van der Waals surface area (Å²) >= 11 is 0. The van der Waals surface area contributed by atoms with E-state index in [1.807, 2.05) is 6.07 Å². The van der Waals surface area contributed by atoms with Gasteiger partial charge in [-0.05, 0) is 49.4 Å². The second-order valence-corrected chi connectivity index (χ2v) is 8.20. The summed E-state index contributed by atoms with van der Waals surface area (Å²) in [6.45, 7) is 3.06. The number of hydrogen-bond acceptors (Lipinski definition) is 4. The SMILES string of the molecule is CN(c1ccccc1)S(=O)(=O)c1ccc(C(=O)N2CCCNCC2)cc1. The highest BCUT2D eigenvalue weighted by molar-refractivity contribution is 7.92. The Kier molecular flexibility index (Phi) is 5.58.